The number of anilines is 4. The molecule has 0 aliphatic carbocycles. The van der Waals surface area contributed by atoms with Crippen LogP contribution in [0, 0.1) is 0 Å². The van der Waals surface area contributed by atoms with Gasteiger partial charge in [-0.15, -0.1) is 0 Å². The lowest BCUT2D eigenvalue weighted by Crippen LogP contribution is -2.44. The summed E-state index contributed by atoms with van der Waals surface area (Å²) in [5.74, 6) is 0.734. The zero-order valence-electron chi connectivity index (χ0n) is 21.2. The molecule has 10 heteroatoms. The second-order valence-corrected chi connectivity index (χ2v) is 9.01. The largest absolute Gasteiger partial charge is 0.494 e. The molecule has 0 radical (unpaired) electrons. The van der Waals surface area contributed by atoms with Gasteiger partial charge in [0.05, 0.1) is 29.9 Å². The third kappa shape index (κ3) is 5.10. The van der Waals surface area contributed by atoms with E-state index in [4.69, 9.17) is 9.72 Å². The fourth-order valence-electron chi connectivity index (χ4n) is 4.42. The predicted octanol–water partition coefficient (Wildman–Crippen LogP) is 3.66. The van der Waals surface area contributed by atoms with Crippen molar-refractivity contribution in [2.75, 3.05) is 55.9 Å². The monoisotopic (exact) mass is 498 g/mol. The first-order chi connectivity index (χ1) is 17.9. The van der Waals surface area contributed by atoms with Crippen molar-refractivity contribution in [2.45, 2.75) is 0 Å². The molecule has 1 saturated heterocycles. The number of hydrogen-bond acceptors (Lipinski definition) is 8. The zero-order chi connectivity index (χ0) is 25.9. The highest BCUT2D eigenvalue weighted by atomic mass is 16.5. The number of methoxy groups -OCH3 is 1. The van der Waals surface area contributed by atoms with Crippen LogP contribution in [-0.2, 0) is 11.8 Å². The number of rotatable bonds is 7. The molecule has 4 aromatic rings. The number of fused-ring (bicyclic) bond motifs is 1. The molecule has 2 N–H and O–H groups in total. The van der Waals surface area contributed by atoms with Gasteiger partial charge in [0, 0.05) is 68.8 Å². The zero-order valence-corrected chi connectivity index (χ0v) is 21.2. The standard InChI is InChI=1S/C27H30N8O2/c1-5-25(36)30-21-15-22(24(37-4)16-23(21)35-12-10-33(2)11-13-35)32-27-28-8-6-20(31-27)19-14-18-7-9-34(3)26(18)29-17-19/h5-9,14-17H,1,10-13H2,2-4H3,(H,30,36)(H,28,31,32). The van der Waals surface area contributed by atoms with Crippen LogP contribution in [0.1, 0.15) is 0 Å². The summed E-state index contributed by atoms with van der Waals surface area (Å²) in [6.07, 6.45) is 6.75. The van der Waals surface area contributed by atoms with Crippen molar-refractivity contribution in [3.63, 3.8) is 0 Å². The van der Waals surface area contributed by atoms with E-state index in [-0.39, 0.29) is 5.91 Å². The lowest BCUT2D eigenvalue weighted by molar-refractivity contribution is -0.111. The Kier molecular flexibility index (Phi) is 6.74. The van der Waals surface area contributed by atoms with Crippen LogP contribution in [0.2, 0.25) is 0 Å². The maximum absolute atomic E-state index is 12.2. The summed E-state index contributed by atoms with van der Waals surface area (Å²) < 4.78 is 7.70. The maximum atomic E-state index is 12.2. The summed E-state index contributed by atoms with van der Waals surface area (Å²) in [6.45, 7) is 7.14. The third-order valence-electron chi connectivity index (χ3n) is 6.51. The number of benzene rings is 1. The topological polar surface area (TPSA) is 100 Å². The molecule has 3 aromatic heterocycles. The van der Waals surface area contributed by atoms with Crippen molar-refractivity contribution in [1.29, 1.82) is 0 Å². The first-order valence-electron chi connectivity index (χ1n) is 12.1. The van der Waals surface area contributed by atoms with Gasteiger partial charge in [0.25, 0.3) is 0 Å². The van der Waals surface area contributed by atoms with E-state index in [9.17, 15) is 4.79 Å². The molecular formula is C27H30N8O2. The molecule has 190 valence electrons. The number of aromatic nitrogens is 4. The molecule has 1 fully saturated rings. The Balaban J connectivity index is 1.48. The Morgan fingerprint density at radius 3 is 2.65 bits per heavy atom. The van der Waals surface area contributed by atoms with Gasteiger partial charge in [0.2, 0.25) is 11.9 Å². The molecule has 0 saturated carbocycles. The third-order valence-corrected chi connectivity index (χ3v) is 6.51. The first kappa shape index (κ1) is 24.3. The molecule has 0 bridgehead atoms. The van der Waals surface area contributed by atoms with Crippen LogP contribution in [0.3, 0.4) is 0 Å². The Morgan fingerprint density at radius 2 is 1.89 bits per heavy atom. The van der Waals surface area contributed by atoms with Crippen molar-refractivity contribution in [2.24, 2.45) is 7.05 Å². The van der Waals surface area contributed by atoms with Gasteiger partial charge in [-0.2, -0.15) is 0 Å². The minimum atomic E-state index is -0.284. The smallest absolute Gasteiger partial charge is 0.247 e. The number of amides is 1. The fraction of sp³-hybridized carbons (Fsp3) is 0.259. The van der Waals surface area contributed by atoms with Crippen molar-refractivity contribution in [1.82, 2.24) is 24.4 Å². The number of pyridine rings is 1. The number of nitrogens with one attached hydrogen (secondary N) is 2. The molecule has 4 heterocycles. The van der Waals surface area contributed by atoms with Crippen LogP contribution < -0.4 is 20.3 Å². The summed E-state index contributed by atoms with van der Waals surface area (Å²) in [5.41, 5.74) is 4.73. The van der Waals surface area contributed by atoms with Crippen LogP contribution in [0.25, 0.3) is 22.3 Å². The summed E-state index contributed by atoms with van der Waals surface area (Å²) in [5, 5.41) is 7.25. The summed E-state index contributed by atoms with van der Waals surface area (Å²) in [4.78, 5) is 30.5. The van der Waals surface area contributed by atoms with E-state index in [1.807, 2.05) is 48.3 Å². The van der Waals surface area contributed by atoms with Gasteiger partial charge in [-0.3, -0.25) is 4.79 Å². The predicted molar refractivity (Wildman–Crippen MR) is 147 cm³/mol. The lowest BCUT2D eigenvalue weighted by atomic mass is 10.1. The van der Waals surface area contributed by atoms with Crippen LogP contribution in [-0.4, -0.2) is 70.7 Å². The first-order valence-corrected chi connectivity index (χ1v) is 12.1. The van der Waals surface area contributed by atoms with Crippen LogP contribution >= 0.6 is 0 Å². The second-order valence-electron chi connectivity index (χ2n) is 9.01. The van der Waals surface area contributed by atoms with E-state index in [0.717, 1.165) is 54.2 Å². The Morgan fingerprint density at radius 1 is 1.08 bits per heavy atom. The normalized spacial score (nSPS) is 14.0. The van der Waals surface area contributed by atoms with Crippen molar-refractivity contribution < 1.29 is 9.53 Å². The SMILES string of the molecule is C=CC(=O)Nc1cc(Nc2nccc(-c3cnc4c(ccn4C)c3)n2)c(OC)cc1N1CCN(C)CC1. The van der Waals surface area contributed by atoms with E-state index in [1.54, 1.807) is 13.3 Å². The van der Waals surface area contributed by atoms with Crippen molar-refractivity contribution in [3.05, 3.63) is 61.6 Å². The molecule has 1 aromatic carbocycles. The highest BCUT2D eigenvalue weighted by Crippen LogP contribution is 2.38. The number of carbonyl (C=O) groups is 1. The lowest BCUT2D eigenvalue weighted by Gasteiger charge is -2.35. The Hall–Kier alpha value is -4.44. The Bertz CT molecular complexity index is 1460. The molecule has 5 rings (SSSR count). The summed E-state index contributed by atoms with van der Waals surface area (Å²) in [7, 11) is 5.69. The Labute approximate surface area is 215 Å². The highest BCUT2D eigenvalue weighted by Gasteiger charge is 2.21. The molecule has 37 heavy (non-hydrogen) atoms. The van der Waals surface area contributed by atoms with E-state index >= 15 is 0 Å². The average molecular weight is 499 g/mol. The van der Waals surface area contributed by atoms with Gasteiger partial charge >= 0.3 is 0 Å². The number of hydrogen-bond donors (Lipinski definition) is 2. The van der Waals surface area contributed by atoms with Gasteiger partial charge in [-0.25, -0.2) is 15.0 Å². The number of aryl methyl sites for hydroxylation is 1. The number of likely N-dealkylation sites (N-methyl/N-ethyl adjacent to an activating group) is 1. The molecule has 0 spiro atoms. The molecule has 1 aliphatic heterocycles. The van der Waals surface area contributed by atoms with Gasteiger partial charge in [-0.1, -0.05) is 6.58 Å². The molecule has 1 aliphatic rings. The van der Waals surface area contributed by atoms with Crippen LogP contribution in [0.5, 0.6) is 5.75 Å². The number of nitrogens with zero attached hydrogens (tertiary/aromatic N) is 6. The minimum absolute atomic E-state index is 0.284. The van der Waals surface area contributed by atoms with Gasteiger partial charge in [-0.05, 0) is 37.4 Å². The quantitative estimate of drug-likeness (QED) is 0.373. The van der Waals surface area contributed by atoms with Gasteiger partial charge in [0.1, 0.15) is 11.4 Å². The molecule has 0 atom stereocenters. The fourth-order valence-corrected chi connectivity index (χ4v) is 4.42. The molecular weight excluding hydrogens is 468 g/mol. The summed E-state index contributed by atoms with van der Waals surface area (Å²) >= 11 is 0. The molecule has 0 unspecified atom stereocenters. The number of piperazine rings is 1. The number of ether oxygens (including phenoxy) is 1. The van der Waals surface area contributed by atoms with Crippen LogP contribution in [0.15, 0.2) is 61.6 Å². The van der Waals surface area contributed by atoms with Gasteiger partial charge in [0.15, 0.2) is 0 Å². The highest BCUT2D eigenvalue weighted by molar-refractivity contribution is 6.02. The maximum Gasteiger partial charge on any atom is 0.247 e. The van der Waals surface area contributed by atoms with E-state index in [2.05, 4.69) is 50.1 Å². The number of carbonyl (C=O) groups excluding carboxylic acids is 1. The second kappa shape index (κ2) is 10.3. The van der Waals surface area contributed by atoms with Crippen molar-refractivity contribution in [3.8, 4) is 17.0 Å². The van der Waals surface area contributed by atoms with Crippen LogP contribution in [0.4, 0.5) is 23.0 Å². The molecule has 10 nitrogen and oxygen atoms in total. The van der Waals surface area contributed by atoms with E-state index in [0.29, 0.717) is 23.1 Å². The summed E-state index contributed by atoms with van der Waals surface area (Å²) in [6, 6.07) is 9.71. The average Bonchev–Trinajstić information content (AvgIpc) is 3.29. The van der Waals surface area contributed by atoms with E-state index in [1.165, 1.54) is 6.08 Å². The van der Waals surface area contributed by atoms with E-state index < -0.39 is 0 Å². The van der Waals surface area contributed by atoms with Gasteiger partial charge < -0.3 is 29.7 Å². The minimum Gasteiger partial charge on any atom is -0.494 e. The van der Waals surface area contributed by atoms with Crippen molar-refractivity contribution >= 4 is 40.0 Å². The molecule has 1 amide bonds.